The average molecular weight is 339 g/mol. The van der Waals surface area contributed by atoms with Crippen molar-refractivity contribution in [2.24, 2.45) is 5.92 Å². The van der Waals surface area contributed by atoms with Gasteiger partial charge in [-0.2, -0.15) is 0 Å². The minimum Gasteiger partial charge on any atom is -0.336 e. The van der Waals surface area contributed by atoms with Gasteiger partial charge in [-0.1, -0.05) is 0 Å². The standard InChI is InChI=1S/C18H21N5O2/c24-16-10-15(14-2-3-14)21-12-23(16)11-13-4-8-22(9-5-13)18(25)17-19-6-1-7-20-17/h1,6-7,10,12-14H,2-5,8-9,11H2. The van der Waals surface area contributed by atoms with Gasteiger partial charge in [0.25, 0.3) is 11.5 Å². The SMILES string of the molecule is O=C(c1ncccn1)N1CCC(Cn2cnc(C3CC3)cc2=O)CC1. The van der Waals surface area contributed by atoms with Gasteiger partial charge in [-0.25, -0.2) is 15.0 Å². The van der Waals surface area contributed by atoms with Gasteiger partial charge in [-0.3, -0.25) is 14.2 Å². The first-order chi connectivity index (χ1) is 12.2. The first kappa shape index (κ1) is 15.9. The lowest BCUT2D eigenvalue weighted by molar-refractivity contribution is 0.0669. The molecule has 3 heterocycles. The van der Waals surface area contributed by atoms with Gasteiger partial charge in [0.05, 0.1) is 12.0 Å². The summed E-state index contributed by atoms with van der Waals surface area (Å²) in [5.41, 5.74) is 0.970. The fourth-order valence-corrected chi connectivity index (χ4v) is 3.33. The van der Waals surface area contributed by atoms with Crippen molar-refractivity contribution in [1.29, 1.82) is 0 Å². The fraction of sp³-hybridized carbons (Fsp3) is 0.500. The van der Waals surface area contributed by atoms with Crippen LogP contribution in [0.5, 0.6) is 0 Å². The highest BCUT2D eigenvalue weighted by Gasteiger charge is 2.27. The zero-order chi connectivity index (χ0) is 17.2. The van der Waals surface area contributed by atoms with Crippen molar-refractivity contribution >= 4 is 5.91 Å². The van der Waals surface area contributed by atoms with E-state index in [9.17, 15) is 9.59 Å². The van der Waals surface area contributed by atoms with Gasteiger partial charge in [-0.05, 0) is 37.7 Å². The second-order valence-corrected chi connectivity index (χ2v) is 6.89. The average Bonchev–Trinajstić information content (AvgIpc) is 3.49. The summed E-state index contributed by atoms with van der Waals surface area (Å²) >= 11 is 0. The van der Waals surface area contributed by atoms with Gasteiger partial charge in [0.2, 0.25) is 5.82 Å². The minimum absolute atomic E-state index is 0.0353. The molecule has 1 saturated heterocycles. The smallest absolute Gasteiger partial charge is 0.291 e. The molecule has 7 heteroatoms. The van der Waals surface area contributed by atoms with Crippen LogP contribution >= 0.6 is 0 Å². The predicted octanol–water partition coefficient (Wildman–Crippen LogP) is 1.46. The van der Waals surface area contributed by atoms with E-state index in [4.69, 9.17) is 0 Å². The van der Waals surface area contributed by atoms with Crippen LogP contribution in [0, 0.1) is 5.92 Å². The normalized spacial score (nSPS) is 18.3. The molecule has 2 aromatic rings. The molecule has 0 spiro atoms. The number of piperidine rings is 1. The molecule has 0 atom stereocenters. The lowest BCUT2D eigenvalue weighted by Crippen LogP contribution is -2.40. The number of hydrogen-bond donors (Lipinski definition) is 0. The Balaban J connectivity index is 1.34. The molecule has 7 nitrogen and oxygen atoms in total. The Morgan fingerprint density at radius 3 is 2.44 bits per heavy atom. The first-order valence-electron chi connectivity index (χ1n) is 8.83. The summed E-state index contributed by atoms with van der Waals surface area (Å²) in [6.07, 6.45) is 8.88. The van der Waals surface area contributed by atoms with E-state index < -0.39 is 0 Å². The van der Waals surface area contributed by atoms with Gasteiger partial charge < -0.3 is 4.90 Å². The molecule has 4 rings (SSSR count). The van der Waals surface area contributed by atoms with Crippen LogP contribution in [0.3, 0.4) is 0 Å². The van der Waals surface area contributed by atoms with Crippen LogP contribution in [-0.2, 0) is 6.54 Å². The Hall–Kier alpha value is -2.57. The second-order valence-electron chi connectivity index (χ2n) is 6.89. The molecule has 25 heavy (non-hydrogen) atoms. The van der Waals surface area contributed by atoms with Crippen LogP contribution in [0.4, 0.5) is 0 Å². The van der Waals surface area contributed by atoms with Crippen LogP contribution in [0.1, 0.15) is 47.9 Å². The summed E-state index contributed by atoms with van der Waals surface area (Å²) in [6, 6.07) is 3.38. The van der Waals surface area contributed by atoms with Gasteiger partial charge in [-0.15, -0.1) is 0 Å². The van der Waals surface area contributed by atoms with Crippen molar-refractivity contribution < 1.29 is 4.79 Å². The molecule has 0 N–H and O–H groups in total. The van der Waals surface area contributed by atoms with E-state index in [-0.39, 0.29) is 17.3 Å². The zero-order valence-electron chi connectivity index (χ0n) is 14.0. The van der Waals surface area contributed by atoms with Crippen molar-refractivity contribution in [3.05, 3.63) is 52.7 Å². The van der Waals surface area contributed by atoms with Gasteiger partial charge in [0.15, 0.2) is 0 Å². The largest absolute Gasteiger partial charge is 0.336 e. The Morgan fingerprint density at radius 1 is 1.08 bits per heavy atom. The maximum absolute atomic E-state index is 12.4. The minimum atomic E-state index is -0.119. The number of nitrogens with zero attached hydrogens (tertiary/aromatic N) is 5. The summed E-state index contributed by atoms with van der Waals surface area (Å²) in [4.78, 5) is 38.9. The topological polar surface area (TPSA) is 81.0 Å². The number of aromatic nitrogens is 4. The Kier molecular flexibility index (Phi) is 4.29. The molecular weight excluding hydrogens is 318 g/mol. The summed E-state index contributed by atoms with van der Waals surface area (Å²) < 4.78 is 1.70. The molecule has 2 fully saturated rings. The molecule has 0 unspecified atom stereocenters. The fourth-order valence-electron chi connectivity index (χ4n) is 3.33. The molecule has 2 aliphatic rings. The van der Waals surface area contributed by atoms with Crippen molar-refractivity contribution in [3.8, 4) is 0 Å². The van der Waals surface area contributed by atoms with Crippen LogP contribution in [0.15, 0.2) is 35.6 Å². The molecule has 1 saturated carbocycles. The van der Waals surface area contributed by atoms with Crippen molar-refractivity contribution in [1.82, 2.24) is 24.4 Å². The van der Waals surface area contributed by atoms with Crippen LogP contribution in [-0.4, -0.2) is 43.4 Å². The van der Waals surface area contributed by atoms with E-state index in [1.54, 1.807) is 40.3 Å². The number of carbonyl (C=O) groups excluding carboxylic acids is 1. The van der Waals surface area contributed by atoms with E-state index in [2.05, 4.69) is 15.0 Å². The van der Waals surface area contributed by atoms with Crippen LogP contribution in [0.25, 0.3) is 0 Å². The number of hydrogen-bond acceptors (Lipinski definition) is 5. The van der Waals surface area contributed by atoms with Gasteiger partial charge >= 0.3 is 0 Å². The van der Waals surface area contributed by atoms with E-state index in [1.807, 2.05) is 0 Å². The summed E-state index contributed by atoms with van der Waals surface area (Å²) in [6.45, 7) is 2.01. The molecule has 1 amide bonds. The molecule has 0 aromatic carbocycles. The van der Waals surface area contributed by atoms with E-state index in [0.29, 0.717) is 31.5 Å². The Morgan fingerprint density at radius 2 is 1.80 bits per heavy atom. The lowest BCUT2D eigenvalue weighted by Gasteiger charge is -2.31. The number of likely N-dealkylation sites (tertiary alicyclic amines) is 1. The molecule has 1 aliphatic carbocycles. The Bertz CT molecular complexity index is 808. The number of rotatable bonds is 4. The van der Waals surface area contributed by atoms with Gasteiger partial charge in [0, 0.05) is 44.0 Å². The molecule has 0 radical (unpaired) electrons. The number of amides is 1. The highest BCUT2D eigenvalue weighted by Crippen LogP contribution is 2.38. The Labute approximate surface area is 145 Å². The monoisotopic (exact) mass is 339 g/mol. The van der Waals surface area contributed by atoms with Crippen molar-refractivity contribution in [2.45, 2.75) is 38.1 Å². The maximum atomic E-state index is 12.4. The van der Waals surface area contributed by atoms with Crippen LogP contribution in [0.2, 0.25) is 0 Å². The molecule has 1 aliphatic heterocycles. The lowest BCUT2D eigenvalue weighted by atomic mass is 9.96. The van der Waals surface area contributed by atoms with Crippen molar-refractivity contribution in [3.63, 3.8) is 0 Å². The van der Waals surface area contributed by atoms with E-state index >= 15 is 0 Å². The highest BCUT2D eigenvalue weighted by atomic mass is 16.2. The number of carbonyl (C=O) groups is 1. The van der Waals surface area contributed by atoms with E-state index in [1.165, 1.54) is 0 Å². The zero-order valence-corrected chi connectivity index (χ0v) is 14.0. The van der Waals surface area contributed by atoms with Gasteiger partial charge in [0.1, 0.15) is 0 Å². The summed E-state index contributed by atoms with van der Waals surface area (Å²) in [5, 5.41) is 0. The molecular formula is C18H21N5O2. The molecule has 130 valence electrons. The predicted molar refractivity (Wildman–Crippen MR) is 91.1 cm³/mol. The quantitative estimate of drug-likeness (QED) is 0.842. The summed E-state index contributed by atoms with van der Waals surface area (Å²) in [5.74, 6) is 1.01. The first-order valence-corrected chi connectivity index (χ1v) is 8.83. The molecule has 2 aromatic heterocycles. The third kappa shape index (κ3) is 3.60. The van der Waals surface area contributed by atoms with E-state index in [0.717, 1.165) is 31.4 Å². The summed E-state index contributed by atoms with van der Waals surface area (Å²) in [7, 11) is 0. The van der Waals surface area contributed by atoms with Crippen molar-refractivity contribution in [2.75, 3.05) is 13.1 Å². The maximum Gasteiger partial charge on any atom is 0.291 e. The highest BCUT2D eigenvalue weighted by molar-refractivity contribution is 5.90. The van der Waals surface area contributed by atoms with Crippen LogP contribution < -0.4 is 5.56 Å². The molecule has 0 bridgehead atoms. The third-order valence-corrected chi connectivity index (χ3v) is 5.01. The second kappa shape index (κ2) is 6.74. The third-order valence-electron chi connectivity index (χ3n) is 5.01.